The molecular formula is C16H24N2O6S. The Morgan fingerprint density at radius 1 is 1.32 bits per heavy atom. The largest absolute Gasteiger partial charge is 0.480 e. The molecule has 1 aromatic heterocycles. The van der Waals surface area contributed by atoms with Crippen LogP contribution < -0.4 is 5.32 Å². The van der Waals surface area contributed by atoms with Crippen molar-refractivity contribution in [3.8, 4) is 0 Å². The first-order valence-electron chi connectivity index (χ1n) is 8.27. The quantitative estimate of drug-likeness (QED) is 0.751. The highest BCUT2D eigenvalue weighted by molar-refractivity contribution is 7.89. The highest BCUT2D eigenvalue weighted by Gasteiger charge is 2.32. The van der Waals surface area contributed by atoms with Crippen LogP contribution in [0.2, 0.25) is 0 Å². The standard InChI is InChI=1S/C16H24N2O6S/c1-10(2)8-12(16(20)21)17-15(19)13-9-14(11(3)24-13)25(22,23)18-6-4-5-7-18/h9-10,12H,4-8H2,1-3H3,(H,17,19)(H,20,21). The van der Waals surface area contributed by atoms with Crippen molar-refractivity contribution in [2.45, 2.75) is 51.0 Å². The Morgan fingerprint density at radius 2 is 1.92 bits per heavy atom. The Hall–Kier alpha value is -1.87. The maximum Gasteiger partial charge on any atom is 0.326 e. The second kappa shape index (κ2) is 7.57. The number of rotatable bonds is 7. The number of carboxylic acid groups (broad SMARTS) is 1. The van der Waals surface area contributed by atoms with Crippen LogP contribution in [0.4, 0.5) is 0 Å². The summed E-state index contributed by atoms with van der Waals surface area (Å²) in [6.07, 6.45) is 1.87. The predicted octanol–water partition coefficient (Wildman–Crippen LogP) is 1.60. The van der Waals surface area contributed by atoms with E-state index in [0.29, 0.717) is 13.1 Å². The van der Waals surface area contributed by atoms with Gasteiger partial charge in [0, 0.05) is 19.2 Å². The molecular weight excluding hydrogens is 348 g/mol. The molecule has 1 aromatic rings. The van der Waals surface area contributed by atoms with E-state index in [1.54, 1.807) is 0 Å². The van der Waals surface area contributed by atoms with Crippen LogP contribution in [0.15, 0.2) is 15.4 Å². The third-order valence-electron chi connectivity index (χ3n) is 4.09. The van der Waals surface area contributed by atoms with E-state index in [-0.39, 0.29) is 28.8 Å². The summed E-state index contributed by atoms with van der Waals surface area (Å²) in [6, 6.07) is 0.114. The smallest absolute Gasteiger partial charge is 0.326 e. The zero-order chi connectivity index (χ0) is 18.8. The molecule has 0 aromatic carbocycles. The van der Waals surface area contributed by atoms with E-state index >= 15 is 0 Å². The lowest BCUT2D eigenvalue weighted by Gasteiger charge is -2.15. The molecule has 140 valence electrons. The number of furan rings is 1. The van der Waals surface area contributed by atoms with E-state index in [1.807, 2.05) is 13.8 Å². The molecule has 0 spiro atoms. The van der Waals surface area contributed by atoms with Crippen LogP contribution in [-0.4, -0.2) is 48.8 Å². The van der Waals surface area contributed by atoms with Gasteiger partial charge in [-0.1, -0.05) is 13.8 Å². The fraction of sp³-hybridized carbons (Fsp3) is 0.625. The number of nitrogens with one attached hydrogen (secondary N) is 1. The summed E-state index contributed by atoms with van der Waals surface area (Å²) in [5.74, 6) is -1.89. The number of nitrogens with zero attached hydrogens (tertiary/aromatic N) is 1. The van der Waals surface area contributed by atoms with Crippen LogP contribution in [-0.2, 0) is 14.8 Å². The van der Waals surface area contributed by atoms with Crippen LogP contribution in [0.1, 0.15) is 49.4 Å². The van der Waals surface area contributed by atoms with Gasteiger partial charge < -0.3 is 14.8 Å². The Bertz CT molecular complexity index is 747. The highest BCUT2D eigenvalue weighted by Crippen LogP contribution is 2.26. The van der Waals surface area contributed by atoms with E-state index in [0.717, 1.165) is 12.8 Å². The van der Waals surface area contributed by atoms with Gasteiger partial charge in [0.15, 0.2) is 5.76 Å². The molecule has 2 N–H and O–H groups in total. The molecule has 1 aliphatic heterocycles. The van der Waals surface area contributed by atoms with E-state index < -0.39 is 27.9 Å². The minimum absolute atomic E-state index is 0.0460. The summed E-state index contributed by atoms with van der Waals surface area (Å²) in [5, 5.41) is 11.6. The number of aryl methyl sites for hydroxylation is 1. The summed E-state index contributed by atoms with van der Waals surface area (Å²) in [4.78, 5) is 23.5. The Kier molecular flexibility index (Phi) is 5.89. The van der Waals surface area contributed by atoms with Crippen molar-refractivity contribution in [3.63, 3.8) is 0 Å². The van der Waals surface area contributed by atoms with Crippen molar-refractivity contribution in [2.75, 3.05) is 13.1 Å². The van der Waals surface area contributed by atoms with Crippen molar-refractivity contribution in [1.29, 1.82) is 0 Å². The Morgan fingerprint density at radius 3 is 2.44 bits per heavy atom. The molecule has 1 amide bonds. The van der Waals surface area contributed by atoms with Crippen molar-refractivity contribution >= 4 is 21.9 Å². The van der Waals surface area contributed by atoms with Gasteiger partial charge in [0.25, 0.3) is 5.91 Å². The number of amides is 1. The second-order valence-electron chi connectivity index (χ2n) is 6.64. The lowest BCUT2D eigenvalue weighted by Crippen LogP contribution is -2.41. The monoisotopic (exact) mass is 372 g/mol. The van der Waals surface area contributed by atoms with Crippen molar-refractivity contribution in [3.05, 3.63) is 17.6 Å². The highest BCUT2D eigenvalue weighted by atomic mass is 32.2. The number of hydrogen-bond acceptors (Lipinski definition) is 5. The van der Waals surface area contributed by atoms with E-state index in [2.05, 4.69) is 5.32 Å². The molecule has 25 heavy (non-hydrogen) atoms. The van der Waals surface area contributed by atoms with Crippen LogP contribution in [0, 0.1) is 12.8 Å². The first kappa shape index (κ1) is 19.5. The zero-order valence-corrected chi connectivity index (χ0v) is 15.4. The predicted molar refractivity (Wildman–Crippen MR) is 89.8 cm³/mol. The van der Waals surface area contributed by atoms with Crippen molar-refractivity contribution in [2.24, 2.45) is 5.92 Å². The summed E-state index contributed by atoms with van der Waals surface area (Å²) < 4.78 is 31.9. The SMILES string of the molecule is Cc1oc(C(=O)NC(CC(C)C)C(=O)O)cc1S(=O)(=O)N1CCCC1. The molecule has 1 atom stereocenters. The maximum atomic E-state index is 12.6. The van der Waals surface area contributed by atoms with Gasteiger partial charge in [-0.15, -0.1) is 0 Å². The van der Waals surface area contributed by atoms with Crippen molar-refractivity contribution < 1.29 is 27.5 Å². The van der Waals surface area contributed by atoms with E-state index in [9.17, 15) is 23.1 Å². The average Bonchev–Trinajstić information content (AvgIpc) is 3.15. The molecule has 2 heterocycles. The topological polar surface area (TPSA) is 117 Å². The molecule has 0 bridgehead atoms. The fourth-order valence-electron chi connectivity index (χ4n) is 2.82. The minimum atomic E-state index is -3.70. The lowest BCUT2D eigenvalue weighted by atomic mass is 10.0. The summed E-state index contributed by atoms with van der Waals surface area (Å²) in [7, 11) is -3.70. The maximum absolute atomic E-state index is 12.6. The van der Waals surface area contributed by atoms with E-state index in [1.165, 1.54) is 17.3 Å². The Balaban J connectivity index is 2.21. The summed E-state index contributed by atoms with van der Waals surface area (Å²) >= 11 is 0. The number of sulfonamides is 1. The lowest BCUT2D eigenvalue weighted by molar-refractivity contribution is -0.139. The minimum Gasteiger partial charge on any atom is -0.480 e. The van der Waals surface area contributed by atoms with Crippen molar-refractivity contribution in [1.82, 2.24) is 9.62 Å². The third-order valence-corrected chi connectivity index (χ3v) is 6.10. The molecule has 2 rings (SSSR count). The Labute approximate surface area is 147 Å². The van der Waals surface area contributed by atoms with Crippen LogP contribution in [0.5, 0.6) is 0 Å². The average molecular weight is 372 g/mol. The molecule has 0 saturated carbocycles. The molecule has 1 fully saturated rings. The molecule has 9 heteroatoms. The van der Waals surface area contributed by atoms with Gasteiger partial charge in [0.1, 0.15) is 16.7 Å². The fourth-order valence-corrected chi connectivity index (χ4v) is 4.50. The molecule has 1 saturated heterocycles. The first-order valence-corrected chi connectivity index (χ1v) is 9.71. The van der Waals surface area contributed by atoms with Gasteiger partial charge >= 0.3 is 5.97 Å². The van der Waals surface area contributed by atoms with Gasteiger partial charge in [-0.05, 0) is 32.1 Å². The third kappa shape index (κ3) is 4.40. The van der Waals surface area contributed by atoms with Gasteiger partial charge in [-0.2, -0.15) is 4.31 Å². The number of carbonyl (C=O) groups excluding carboxylic acids is 1. The molecule has 1 unspecified atom stereocenters. The van der Waals surface area contributed by atoms with Crippen LogP contribution >= 0.6 is 0 Å². The number of carboxylic acids is 1. The number of hydrogen-bond donors (Lipinski definition) is 2. The zero-order valence-electron chi connectivity index (χ0n) is 14.6. The van der Waals surface area contributed by atoms with Gasteiger partial charge in [0.2, 0.25) is 10.0 Å². The van der Waals surface area contributed by atoms with Gasteiger partial charge in [-0.3, -0.25) is 4.79 Å². The molecule has 0 aliphatic carbocycles. The summed E-state index contributed by atoms with van der Waals surface area (Å²) in [6.45, 7) is 6.07. The normalized spacial score (nSPS) is 17.0. The molecule has 1 aliphatic rings. The number of carbonyl (C=O) groups is 2. The second-order valence-corrected chi connectivity index (χ2v) is 8.54. The van der Waals surface area contributed by atoms with E-state index in [4.69, 9.17) is 4.42 Å². The van der Waals surface area contributed by atoms with Crippen LogP contribution in [0.3, 0.4) is 0 Å². The van der Waals surface area contributed by atoms with Gasteiger partial charge in [-0.25, -0.2) is 13.2 Å². The molecule has 0 radical (unpaired) electrons. The van der Waals surface area contributed by atoms with Gasteiger partial charge in [0.05, 0.1) is 0 Å². The van der Waals surface area contributed by atoms with Crippen LogP contribution in [0.25, 0.3) is 0 Å². The first-order chi connectivity index (χ1) is 11.6. The number of aliphatic carboxylic acids is 1. The molecule has 8 nitrogen and oxygen atoms in total. The summed E-state index contributed by atoms with van der Waals surface area (Å²) in [5.41, 5.74) is 0.